The van der Waals surface area contributed by atoms with Crippen LogP contribution < -0.4 is 11.1 Å². The largest absolute Gasteiger partial charge is 0.397 e. The van der Waals surface area contributed by atoms with Crippen molar-refractivity contribution in [3.05, 3.63) is 24.0 Å². The molecule has 0 spiro atoms. The summed E-state index contributed by atoms with van der Waals surface area (Å²) >= 11 is 1.89. The lowest BCUT2D eigenvalue weighted by Gasteiger charge is -2.15. The van der Waals surface area contributed by atoms with E-state index in [0.717, 1.165) is 17.9 Å². The Labute approximate surface area is 87.1 Å². The van der Waals surface area contributed by atoms with E-state index in [1.165, 1.54) is 6.07 Å². The molecule has 1 fully saturated rings. The monoisotopic (exact) mass is 212 g/mol. The molecule has 14 heavy (non-hydrogen) atoms. The molecule has 1 aromatic carbocycles. The molecule has 0 radical (unpaired) electrons. The molecule has 1 unspecified atom stereocenters. The first-order valence-corrected chi connectivity index (χ1v) is 5.81. The summed E-state index contributed by atoms with van der Waals surface area (Å²) in [4.78, 5) is 0. The number of thioether (sulfide) groups is 1. The van der Waals surface area contributed by atoms with Gasteiger partial charge in [-0.05, 0) is 24.3 Å². The van der Waals surface area contributed by atoms with Crippen molar-refractivity contribution in [2.75, 3.05) is 22.6 Å². The fourth-order valence-corrected chi connectivity index (χ4v) is 2.70. The summed E-state index contributed by atoms with van der Waals surface area (Å²) in [5.41, 5.74) is 6.64. The quantitative estimate of drug-likeness (QED) is 0.739. The normalized spacial score (nSPS) is 21.1. The zero-order valence-corrected chi connectivity index (χ0v) is 8.61. The molecule has 0 aliphatic carbocycles. The Balaban J connectivity index is 2.14. The number of nitrogen functional groups attached to an aromatic ring is 1. The Hall–Kier alpha value is -0.900. The number of para-hydroxylation sites is 1. The van der Waals surface area contributed by atoms with Crippen LogP contribution in [0.25, 0.3) is 0 Å². The van der Waals surface area contributed by atoms with E-state index in [4.69, 9.17) is 5.73 Å². The second-order valence-corrected chi connectivity index (χ2v) is 4.56. The number of nitrogens with two attached hydrogens (primary N) is 1. The fraction of sp³-hybridized carbons (Fsp3) is 0.400. The maximum Gasteiger partial charge on any atom is 0.148 e. The molecule has 1 saturated heterocycles. The second-order valence-electron chi connectivity index (χ2n) is 3.41. The maximum atomic E-state index is 13.4. The van der Waals surface area contributed by atoms with E-state index in [0.29, 0.717) is 17.4 Å². The van der Waals surface area contributed by atoms with Crippen LogP contribution in [0.2, 0.25) is 0 Å². The highest BCUT2D eigenvalue weighted by Gasteiger charge is 2.17. The predicted octanol–water partition coefficient (Wildman–Crippen LogP) is 2.33. The number of benzene rings is 1. The molecular weight excluding hydrogens is 199 g/mol. The van der Waals surface area contributed by atoms with Crippen LogP contribution in [0.15, 0.2) is 18.2 Å². The molecule has 76 valence electrons. The molecule has 1 aliphatic rings. The highest BCUT2D eigenvalue weighted by molar-refractivity contribution is 7.99. The van der Waals surface area contributed by atoms with Crippen molar-refractivity contribution in [2.24, 2.45) is 0 Å². The number of halogens is 1. The molecule has 0 amide bonds. The standard InChI is InChI=1S/C10H13FN2S/c11-8-2-1-3-9(12)10(8)13-7-4-5-14-6-7/h1-3,7,13H,4-6,12H2. The highest BCUT2D eigenvalue weighted by Crippen LogP contribution is 2.26. The third-order valence-electron chi connectivity index (χ3n) is 2.32. The van der Waals surface area contributed by atoms with Gasteiger partial charge in [0.15, 0.2) is 0 Å². The molecule has 0 bridgehead atoms. The lowest BCUT2D eigenvalue weighted by molar-refractivity contribution is 0.627. The van der Waals surface area contributed by atoms with Crippen LogP contribution in [0.4, 0.5) is 15.8 Å². The Morgan fingerprint density at radius 1 is 1.50 bits per heavy atom. The van der Waals surface area contributed by atoms with Crippen molar-refractivity contribution >= 4 is 23.1 Å². The number of hydrogen-bond donors (Lipinski definition) is 2. The smallest absolute Gasteiger partial charge is 0.148 e. The van der Waals surface area contributed by atoms with Gasteiger partial charge in [0, 0.05) is 11.8 Å². The Morgan fingerprint density at radius 3 is 3.00 bits per heavy atom. The van der Waals surface area contributed by atoms with E-state index in [2.05, 4.69) is 5.32 Å². The maximum absolute atomic E-state index is 13.4. The summed E-state index contributed by atoms with van der Waals surface area (Å²) in [5, 5.41) is 3.16. The zero-order chi connectivity index (χ0) is 9.97. The van der Waals surface area contributed by atoms with E-state index in [1.54, 1.807) is 12.1 Å². The van der Waals surface area contributed by atoms with Crippen molar-refractivity contribution in [1.29, 1.82) is 0 Å². The third kappa shape index (κ3) is 1.95. The van der Waals surface area contributed by atoms with Gasteiger partial charge in [-0.15, -0.1) is 0 Å². The average Bonchev–Trinajstić information content (AvgIpc) is 2.64. The molecule has 1 aliphatic heterocycles. The van der Waals surface area contributed by atoms with Crippen molar-refractivity contribution in [3.8, 4) is 0 Å². The summed E-state index contributed by atoms with van der Waals surface area (Å²) in [7, 11) is 0. The van der Waals surface area contributed by atoms with E-state index >= 15 is 0 Å². The third-order valence-corrected chi connectivity index (χ3v) is 3.49. The van der Waals surface area contributed by atoms with Gasteiger partial charge in [0.05, 0.1) is 11.4 Å². The lowest BCUT2D eigenvalue weighted by atomic mass is 10.2. The summed E-state index contributed by atoms with van der Waals surface area (Å²) in [5.74, 6) is 1.92. The molecule has 1 heterocycles. The Morgan fingerprint density at radius 2 is 2.36 bits per heavy atom. The molecule has 2 rings (SSSR count). The summed E-state index contributed by atoms with van der Waals surface area (Å²) in [6.07, 6.45) is 1.08. The van der Waals surface area contributed by atoms with Gasteiger partial charge in [0.1, 0.15) is 5.82 Å². The Bertz CT molecular complexity index is 304. The number of anilines is 2. The number of rotatable bonds is 2. The minimum Gasteiger partial charge on any atom is -0.397 e. The topological polar surface area (TPSA) is 38.0 Å². The molecule has 1 atom stereocenters. The first-order valence-electron chi connectivity index (χ1n) is 4.65. The van der Waals surface area contributed by atoms with Gasteiger partial charge in [0.2, 0.25) is 0 Å². The highest BCUT2D eigenvalue weighted by atomic mass is 32.2. The van der Waals surface area contributed by atoms with Crippen molar-refractivity contribution in [2.45, 2.75) is 12.5 Å². The number of hydrogen-bond acceptors (Lipinski definition) is 3. The van der Waals surface area contributed by atoms with Crippen LogP contribution in [0.3, 0.4) is 0 Å². The summed E-state index contributed by atoms with van der Waals surface area (Å²) < 4.78 is 13.4. The van der Waals surface area contributed by atoms with E-state index in [-0.39, 0.29) is 5.82 Å². The van der Waals surface area contributed by atoms with Crippen molar-refractivity contribution < 1.29 is 4.39 Å². The van der Waals surface area contributed by atoms with Crippen LogP contribution in [-0.4, -0.2) is 17.5 Å². The van der Waals surface area contributed by atoms with E-state index in [1.807, 2.05) is 11.8 Å². The van der Waals surface area contributed by atoms with Crippen molar-refractivity contribution in [3.63, 3.8) is 0 Å². The molecule has 0 aromatic heterocycles. The predicted molar refractivity (Wildman–Crippen MR) is 60.2 cm³/mol. The summed E-state index contributed by atoms with van der Waals surface area (Å²) in [6, 6.07) is 5.13. The lowest BCUT2D eigenvalue weighted by Crippen LogP contribution is -2.19. The van der Waals surface area contributed by atoms with Gasteiger partial charge in [-0.1, -0.05) is 6.07 Å². The zero-order valence-electron chi connectivity index (χ0n) is 7.79. The molecule has 4 heteroatoms. The van der Waals surface area contributed by atoms with Gasteiger partial charge in [-0.2, -0.15) is 11.8 Å². The minimum absolute atomic E-state index is 0.262. The van der Waals surface area contributed by atoms with Gasteiger partial charge in [-0.25, -0.2) is 4.39 Å². The summed E-state index contributed by atoms with van der Waals surface area (Å²) in [6.45, 7) is 0. The van der Waals surface area contributed by atoms with Crippen LogP contribution in [0.5, 0.6) is 0 Å². The fourth-order valence-electron chi connectivity index (χ4n) is 1.55. The van der Waals surface area contributed by atoms with Gasteiger partial charge >= 0.3 is 0 Å². The van der Waals surface area contributed by atoms with Gasteiger partial charge < -0.3 is 11.1 Å². The average molecular weight is 212 g/mol. The Kier molecular flexibility index (Phi) is 2.82. The second kappa shape index (κ2) is 4.09. The number of nitrogens with one attached hydrogen (secondary N) is 1. The first-order chi connectivity index (χ1) is 6.77. The van der Waals surface area contributed by atoms with Crippen LogP contribution in [-0.2, 0) is 0 Å². The minimum atomic E-state index is -0.262. The molecule has 3 N–H and O–H groups in total. The first kappa shape index (κ1) is 9.65. The SMILES string of the molecule is Nc1cccc(F)c1NC1CCSC1. The van der Waals surface area contributed by atoms with Crippen LogP contribution >= 0.6 is 11.8 Å². The molecule has 1 aromatic rings. The van der Waals surface area contributed by atoms with Gasteiger partial charge in [0.25, 0.3) is 0 Å². The van der Waals surface area contributed by atoms with E-state index < -0.39 is 0 Å². The van der Waals surface area contributed by atoms with Gasteiger partial charge in [-0.3, -0.25) is 0 Å². The molecule has 2 nitrogen and oxygen atoms in total. The van der Waals surface area contributed by atoms with Crippen LogP contribution in [0.1, 0.15) is 6.42 Å². The van der Waals surface area contributed by atoms with Crippen LogP contribution in [0, 0.1) is 5.82 Å². The van der Waals surface area contributed by atoms with Crippen molar-refractivity contribution in [1.82, 2.24) is 0 Å². The van der Waals surface area contributed by atoms with E-state index in [9.17, 15) is 4.39 Å². The molecular formula is C10H13FN2S. The molecule has 0 saturated carbocycles.